The van der Waals surface area contributed by atoms with Gasteiger partial charge in [0.1, 0.15) is 0 Å². The number of aliphatic carboxylic acids is 1. The van der Waals surface area contributed by atoms with Crippen LogP contribution in [0.2, 0.25) is 0 Å². The Balaban J connectivity index is 1.58. The molecule has 0 radical (unpaired) electrons. The molecule has 3 aromatic rings. The maximum absolute atomic E-state index is 13.6. The summed E-state index contributed by atoms with van der Waals surface area (Å²) in [6.07, 6.45) is 0.741. The summed E-state index contributed by atoms with van der Waals surface area (Å²) in [5, 5.41) is 13.0. The van der Waals surface area contributed by atoms with Gasteiger partial charge in [-0.15, -0.1) is 0 Å². The minimum Gasteiger partial charge on any atom is -0.480 e. The minimum absolute atomic E-state index is 0.0891. The molecular formula is C27H26F3N3O4. The van der Waals surface area contributed by atoms with E-state index in [1.54, 1.807) is 36.2 Å². The van der Waals surface area contributed by atoms with Gasteiger partial charge in [0.05, 0.1) is 18.7 Å². The Hall–Kier alpha value is -3.76. The van der Waals surface area contributed by atoms with Crippen LogP contribution in [0.4, 0.5) is 13.2 Å². The van der Waals surface area contributed by atoms with Crippen LogP contribution in [-0.4, -0.2) is 53.4 Å². The largest absolute Gasteiger partial charge is 0.480 e. The highest BCUT2D eigenvalue weighted by molar-refractivity contribution is 5.72. The van der Waals surface area contributed by atoms with E-state index in [1.807, 2.05) is 24.3 Å². The van der Waals surface area contributed by atoms with Crippen LogP contribution >= 0.6 is 0 Å². The van der Waals surface area contributed by atoms with Crippen LogP contribution in [-0.2, 0) is 22.3 Å². The van der Waals surface area contributed by atoms with Crippen LogP contribution in [0.1, 0.15) is 28.5 Å². The lowest BCUT2D eigenvalue weighted by molar-refractivity contribution is -0.139. The molecule has 10 heteroatoms. The number of benzene rings is 2. The molecular weight excluding hydrogens is 487 g/mol. The molecule has 4 rings (SSSR count). The molecule has 0 bridgehead atoms. The van der Waals surface area contributed by atoms with Crippen LogP contribution in [0.3, 0.4) is 0 Å². The third-order valence-electron chi connectivity index (χ3n) is 6.04. The van der Waals surface area contributed by atoms with E-state index in [0.29, 0.717) is 23.5 Å². The predicted molar refractivity (Wildman–Crippen MR) is 130 cm³/mol. The molecule has 2 atom stereocenters. The van der Waals surface area contributed by atoms with Gasteiger partial charge in [0.15, 0.2) is 0 Å². The molecule has 2 aromatic carbocycles. The van der Waals surface area contributed by atoms with E-state index in [9.17, 15) is 18.0 Å². The third-order valence-corrected chi connectivity index (χ3v) is 6.04. The number of rotatable bonds is 9. The van der Waals surface area contributed by atoms with Gasteiger partial charge in [0.2, 0.25) is 5.82 Å². The van der Waals surface area contributed by atoms with Gasteiger partial charge >= 0.3 is 12.1 Å². The molecule has 1 aromatic heterocycles. The number of alkyl halides is 3. The molecule has 0 fully saturated rings. The molecule has 0 aliphatic heterocycles. The molecule has 1 aliphatic rings. The summed E-state index contributed by atoms with van der Waals surface area (Å²) in [5.41, 5.74) is 1.69. The van der Waals surface area contributed by atoms with Crippen molar-refractivity contribution >= 4 is 11.5 Å². The molecule has 1 aliphatic carbocycles. The van der Waals surface area contributed by atoms with E-state index in [0.717, 1.165) is 11.6 Å². The summed E-state index contributed by atoms with van der Waals surface area (Å²) in [6, 6.07) is 12.9. The molecule has 2 unspecified atom stereocenters. The summed E-state index contributed by atoms with van der Waals surface area (Å²) in [6.45, 7) is 0.546. The fourth-order valence-corrected chi connectivity index (χ4v) is 4.47. The Kier molecular flexibility index (Phi) is 7.89. The van der Waals surface area contributed by atoms with Crippen LogP contribution in [0.25, 0.3) is 17.0 Å². The number of carbonyl (C=O) groups is 1. The first-order valence-corrected chi connectivity index (χ1v) is 11.5. The van der Waals surface area contributed by atoms with E-state index in [4.69, 9.17) is 14.4 Å². The number of hydrogen-bond acceptors (Lipinski definition) is 6. The average molecular weight is 514 g/mol. The number of ether oxygens (including phenoxy) is 1. The van der Waals surface area contributed by atoms with E-state index in [1.165, 1.54) is 19.2 Å². The molecule has 1 N–H and O–H groups in total. The van der Waals surface area contributed by atoms with E-state index in [2.05, 4.69) is 10.1 Å². The lowest BCUT2D eigenvalue weighted by Gasteiger charge is -2.27. The topological polar surface area (TPSA) is 88.7 Å². The summed E-state index contributed by atoms with van der Waals surface area (Å²) < 4.78 is 51.7. The zero-order chi connectivity index (χ0) is 26.6. The Labute approximate surface area is 211 Å². The van der Waals surface area contributed by atoms with Gasteiger partial charge in [-0.2, -0.15) is 18.2 Å². The van der Waals surface area contributed by atoms with Crippen molar-refractivity contribution in [2.24, 2.45) is 5.92 Å². The van der Waals surface area contributed by atoms with E-state index in [-0.39, 0.29) is 30.5 Å². The minimum atomic E-state index is -4.47. The zero-order valence-corrected chi connectivity index (χ0v) is 20.3. The number of carboxylic acids is 1. The highest BCUT2D eigenvalue weighted by Gasteiger charge is 2.36. The highest BCUT2D eigenvalue weighted by atomic mass is 19.4. The average Bonchev–Trinajstić information content (AvgIpc) is 3.34. The second kappa shape index (κ2) is 11.1. The van der Waals surface area contributed by atoms with Crippen LogP contribution in [0.5, 0.6) is 0 Å². The number of allylic oxidation sites excluding steroid dienone is 3. The SMILES string of the molecule is COCC1C=C(c2nc(-c3cccc(CN(C)CC(=O)O)c3)no2)C=CC1c1ccccc1C(F)(F)F. The molecule has 194 valence electrons. The lowest BCUT2D eigenvalue weighted by Crippen LogP contribution is -2.25. The summed E-state index contributed by atoms with van der Waals surface area (Å²) in [4.78, 5) is 17.1. The van der Waals surface area contributed by atoms with Crippen LogP contribution < -0.4 is 0 Å². The number of likely N-dealkylation sites (N-methyl/N-ethyl adjacent to an activating group) is 1. The molecule has 7 nitrogen and oxygen atoms in total. The van der Waals surface area contributed by atoms with E-state index >= 15 is 0 Å². The van der Waals surface area contributed by atoms with Gasteiger partial charge in [0, 0.05) is 36.6 Å². The molecule has 0 amide bonds. The van der Waals surface area contributed by atoms with Crippen molar-refractivity contribution < 1.29 is 32.3 Å². The number of hydrogen-bond donors (Lipinski definition) is 1. The Morgan fingerprint density at radius 2 is 1.97 bits per heavy atom. The van der Waals surface area contributed by atoms with E-state index < -0.39 is 23.6 Å². The lowest BCUT2D eigenvalue weighted by atomic mass is 9.79. The van der Waals surface area contributed by atoms with Gasteiger partial charge in [-0.1, -0.05) is 59.8 Å². The quantitative estimate of drug-likeness (QED) is 0.417. The van der Waals surface area contributed by atoms with Crippen molar-refractivity contribution in [2.75, 3.05) is 27.3 Å². The zero-order valence-electron chi connectivity index (χ0n) is 20.3. The van der Waals surface area contributed by atoms with Crippen LogP contribution in [0.15, 0.2) is 71.3 Å². The van der Waals surface area contributed by atoms with Gasteiger partial charge in [-0.3, -0.25) is 9.69 Å². The van der Waals surface area contributed by atoms with Gasteiger partial charge in [-0.05, 0) is 30.3 Å². The number of nitrogens with zero attached hydrogens (tertiary/aromatic N) is 3. The molecule has 0 saturated carbocycles. The monoisotopic (exact) mass is 513 g/mol. The number of aromatic nitrogens is 2. The predicted octanol–water partition coefficient (Wildman–Crippen LogP) is 5.27. The number of carboxylic acid groups (broad SMARTS) is 1. The van der Waals surface area contributed by atoms with Gasteiger partial charge < -0.3 is 14.4 Å². The Morgan fingerprint density at radius 3 is 2.70 bits per heavy atom. The first-order valence-electron chi connectivity index (χ1n) is 11.5. The third kappa shape index (κ3) is 6.33. The second-order valence-corrected chi connectivity index (χ2v) is 8.90. The number of halogens is 3. The van der Waals surface area contributed by atoms with Crippen molar-refractivity contribution in [2.45, 2.75) is 18.6 Å². The summed E-state index contributed by atoms with van der Waals surface area (Å²) in [5.74, 6) is -1.24. The standard InChI is InChI=1S/C27H26F3N3O4/c1-33(15-24(34)35)14-17-6-5-7-18(12-17)25-31-26(37-32-25)19-10-11-21(20(13-19)16-36-2)22-8-3-4-9-23(22)27(28,29)30/h3-13,20-21H,14-16H2,1-2H3,(H,34,35). The number of methoxy groups -OCH3 is 1. The van der Waals surface area contributed by atoms with Crippen LogP contribution in [0, 0.1) is 5.92 Å². The van der Waals surface area contributed by atoms with Crippen molar-refractivity contribution in [1.82, 2.24) is 15.0 Å². The fraction of sp³-hybridized carbons (Fsp3) is 0.296. The van der Waals surface area contributed by atoms with Crippen molar-refractivity contribution in [3.05, 3.63) is 89.3 Å². The normalized spacial score (nSPS) is 17.7. The summed E-state index contributed by atoms with van der Waals surface area (Å²) in [7, 11) is 3.22. The van der Waals surface area contributed by atoms with Gasteiger partial charge in [0.25, 0.3) is 5.89 Å². The summed E-state index contributed by atoms with van der Waals surface area (Å²) >= 11 is 0. The molecule has 0 spiro atoms. The Morgan fingerprint density at radius 1 is 1.19 bits per heavy atom. The maximum atomic E-state index is 13.6. The van der Waals surface area contributed by atoms with Crippen molar-refractivity contribution in [3.63, 3.8) is 0 Å². The first-order chi connectivity index (χ1) is 17.7. The second-order valence-electron chi connectivity index (χ2n) is 8.90. The smallest absolute Gasteiger partial charge is 0.416 e. The van der Waals surface area contributed by atoms with Gasteiger partial charge in [-0.25, -0.2) is 0 Å². The molecule has 37 heavy (non-hydrogen) atoms. The Bertz CT molecular complexity index is 1320. The fourth-order valence-electron chi connectivity index (χ4n) is 4.47. The molecule has 1 heterocycles. The highest BCUT2D eigenvalue weighted by Crippen LogP contribution is 2.41. The molecule has 0 saturated heterocycles. The van der Waals surface area contributed by atoms with Crippen molar-refractivity contribution in [1.29, 1.82) is 0 Å². The van der Waals surface area contributed by atoms with Crippen molar-refractivity contribution in [3.8, 4) is 11.4 Å². The first kappa shape index (κ1) is 26.3. The maximum Gasteiger partial charge on any atom is 0.416 e.